The molecule has 178 valence electrons. The fourth-order valence-corrected chi connectivity index (χ4v) is 5.78. The second-order valence-electron chi connectivity index (χ2n) is 8.17. The smallest absolute Gasteiger partial charge is 0.407 e. The van der Waals surface area contributed by atoms with Gasteiger partial charge in [-0.25, -0.2) is 4.79 Å². The summed E-state index contributed by atoms with van der Waals surface area (Å²) in [6, 6.07) is 3.47. The lowest BCUT2D eigenvalue weighted by Crippen LogP contribution is -2.47. The third-order valence-electron chi connectivity index (χ3n) is 5.69. The molecule has 1 saturated carbocycles. The minimum absolute atomic E-state index is 0.0346. The number of nitrogens with one attached hydrogen (secondary N) is 2. The molecule has 32 heavy (non-hydrogen) atoms. The van der Waals surface area contributed by atoms with E-state index in [1.165, 1.54) is 19.3 Å². The number of hydrogen-bond donors (Lipinski definition) is 2. The van der Waals surface area contributed by atoms with Crippen LogP contribution >= 0.6 is 21.6 Å². The summed E-state index contributed by atoms with van der Waals surface area (Å²) in [6.45, 7) is 3.42. The van der Waals surface area contributed by atoms with Crippen LogP contribution in [0.2, 0.25) is 0 Å². The summed E-state index contributed by atoms with van der Waals surface area (Å²) < 4.78 is 16.6. The number of rotatable bonds is 12. The molecule has 8 nitrogen and oxygen atoms in total. The molecule has 2 N–H and O–H groups in total. The Kier molecular flexibility index (Phi) is 10.4. The highest BCUT2D eigenvalue weighted by Crippen LogP contribution is 2.42. The molecule has 2 amide bonds. The summed E-state index contributed by atoms with van der Waals surface area (Å²) in [4.78, 5) is 28.0. The number of alkyl carbamates (subject to hydrolysis) is 1. The van der Waals surface area contributed by atoms with Crippen molar-refractivity contribution in [3.8, 4) is 0 Å². The number of ether oxygens (including phenoxy) is 3. The van der Waals surface area contributed by atoms with Crippen molar-refractivity contribution in [2.75, 3.05) is 31.2 Å². The highest BCUT2D eigenvalue weighted by Gasteiger charge is 2.39. The first-order valence-corrected chi connectivity index (χ1v) is 13.7. The minimum Gasteiger partial charge on any atom is -0.449 e. The van der Waals surface area contributed by atoms with Gasteiger partial charge in [0.05, 0.1) is 5.56 Å². The normalized spacial score (nSPS) is 21.9. The lowest BCUT2D eigenvalue weighted by atomic mass is 9.71. The van der Waals surface area contributed by atoms with Gasteiger partial charge in [0.2, 0.25) is 0 Å². The van der Waals surface area contributed by atoms with Crippen LogP contribution in [0.1, 0.15) is 55.8 Å². The first-order chi connectivity index (χ1) is 15.6. The van der Waals surface area contributed by atoms with Crippen molar-refractivity contribution >= 4 is 33.6 Å². The van der Waals surface area contributed by atoms with Crippen LogP contribution in [0.25, 0.3) is 0 Å². The van der Waals surface area contributed by atoms with Crippen LogP contribution in [-0.4, -0.2) is 60.8 Å². The van der Waals surface area contributed by atoms with Crippen molar-refractivity contribution < 1.29 is 23.8 Å². The first kappa shape index (κ1) is 25.1. The summed E-state index contributed by atoms with van der Waals surface area (Å²) in [5, 5.41) is 5.81. The predicted octanol–water partition coefficient (Wildman–Crippen LogP) is 3.98. The van der Waals surface area contributed by atoms with E-state index in [1.807, 2.05) is 6.92 Å². The number of amides is 2. The number of pyridine rings is 1. The fourth-order valence-electron chi connectivity index (χ4n) is 4.04. The van der Waals surface area contributed by atoms with Crippen LogP contribution in [0.5, 0.6) is 0 Å². The predicted molar refractivity (Wildman–Crippen MR) is 126 cm³/mol. The van der Waals surface area contributed by atoms with Crippen molar-refractivity contribution in [3.05, 3.63) is 30.1 Å². The molecular weight excluding hydrogens is 450 g/mol. The van der Waals surface area contributed by atoms with Crippen LogP contribution < -0.4 is 10.6 Å². The van der Waals surface area contributed by atoms with Gasteiger partial charge in [0, 0.05) is 43.4 Å². The van der Waals surface area contributed by atoms with E-state index in [1.54, 1.807) is 46.1 Å². The standard InChI is InChI=1S/C22H33N3O5S2/c1-17-29-19(30-17)14-22(7-3-2-4-8-22)16-25-21(27)28-11-13-32-31-12-10-24-20(26)18-6-5-9-23-15-18/h5-6,9,15,17,19H,2-4,7-8,10-14,16H2,1H3,(H,24,26)(H,25,27). The first-order valence-electron chi connectivity index (χ1n) is 11.2. The molecule has 1 saturated heterocycles. The highest BCUT2D eigenvalue weighted by molar-refractivity contribution is 8.76. The van der Waals surface area contributed by atoms with Crippen molar-refractivity contribution in [2.45, 2.75) is 58.0 Å². The van der Waals surface area contributed by atoms with Gasteiger partial charge < -0.3 is 24.8 Å². The van der Waals surface area contributed by atoms with Gasteiger partial charge in [0.1, 0.15) is 6.61 Å². The average molecular weight is 484 g/mol. The molecule has 2 heterocycles. The van der Waals surface area contributed by atoms with E-state index in [0.717, 1.165) is 25.0 Å². The molecule has 0 radical (unpaired) electrons. The molecule has 0 atom stereocenters. The molecule has 1 aliphatic carbocycles. The molecule has 0 spiro atoms. The Morgan fingerprint density at radius 3 is 2.69 bits per heavy atom. The van der Waals surface area contributed by atoms with Gasteiger partial charge in [-0.05, 0) is 37.3 Å². The zero-order valence-corrected chi connectivity index (χ0v) is 20.2. The lowest BCUT2D eigenvalue weighted by molar-refractivity contribution is -0.383. The van der Waals surface area contributed by atoms with Gasteiger partial charge in [0.25, 0.3) is 5.91 Å². The van der Waals surface area contributed by atoms with E-state index in [9.17, 15) is 9.59 Å². The monoisotopic (exact) mass is 483 g/mol. The third kappa shape index (κ3) is 8.46. The maximum Gasteiger partial charge on any atom is 0.407 e. The fraction of sp³-hybridized carbons (Fsp3) is 0.682. The van der Waals surface area contributed by atoms with E-state index in [0.29, 0.717) is 31.0 Å². The summed E-state index contributed by atoms with van der Waals surface area (Å²) in [7, 11) is 3.26. The van der Waals surface area contributed by atoms with Crippen molar-refractivity contribution in [1.29, 1.82) is 0 Å². The molecule has 1 aromatic heterocycles. The Labute approximate surface area is 197 Å². The maximum absolute atomic E-state index is 12.1. The Morgan fingerprint density at radius 1 is 1.19 bits per heavy atom. The molecule has 0 bridgehead atoms. The van der Waals surface area contributed by atoms with Gasteiger partial charge in [0.15, 0.2) is 12.6 Å². The van der Waals surface area contributed by atoms with Gasteiger partial charge in [-0.2, -0.15) is 0 Å². The van der Waals surface area contributed by atoms with Crippen LogP contribution in [0.15, 0.2) is 24.5 Å². The van der Waals surface area contributed by atoms with Crippen LogP contribution in [-0.2, 0) is 14.2 Å². The Balaban J connectivity index is 1.21. The van der Waals surface area contributed by atoms with Crippen LogP contribution in [0.3, 0.4) is 0 Å². The number of nitrogens with zero attached hydrogens (tertiary/aromatic N) is 1. The average Bonchev–Trinajstić information content (AvgIpc) is 2.79. The Morgan fingerprint density at radius 2 is 1.97 bits per heavy atom. The third-order valence-corrected chi connectivity index (χ3v) is 8.06. The Hall–Kier alpha value is -1.49. The number of carbonyl (C=O) groups excluding carboxylic acids is 2. The van der Waals surface area contributed by atoms with E-state index < -0.39 is 0 Å². The molecule has 3 rings (SSSR count). The van der Waals surface area contributed by atoms with Gasteiger partial charge >= 0.3 is 6.09 Å². The zero-order chi connectivity index (χ0) is 22.7. The minimum atomic E-state index is -0.368. The summed E-state index contributed by atoms with van der Waals surface area (Å²) in [6.07, 6.45) is 9.13. The molecule has 1 aromatic rings. The quantitative estimate of drug-likeness (QED) is 0.340. The number of hydrogen-bond acceptors (Lipinski definition) is 8. The second-order valence-corrected chi connectivity index (χ2v) is 10.9. The van der Waals surface area contributed by atoms with Crippen molar-refractivity contribution in [2.24, 2.45) is 5.41 Å². The molecule has 0 aromatic carbocycles. The molecular formula is C22H33N3O5S2. The van der Waals surface area contributed by atoms with Crippen molar-refractivity contribution in [3.63, 3.8) is 0 Å². The van der Waals surface area contributed by atoms with E-state index >= 15 is 0 Å². The molecule has 2 aliphatic rings. The van der Waals surface area contributed by atoms with E-state index in [4.69, 9.17) is 14.2 Å². The van der Waals surface area contributed by atoms with Gasteiger partial charge in [-0.1, -0.05) is 40.9 Å². The number of carbonyl (C=O) groups is 2. The molecule has 10 heteroatoms. The maximum atomic E-state index is 12.1. The van der Waals surface area contributed by atoms with E-state index in [2.05, 4.69) is 15.6 Å². The summed E-state index contributed by atoms with van der Waals surface area (Å²) in [5.74, 6) is 1.35. The van der Waals surface area contributed by atoms with Crippen molar-refractivity contribution in [1.82, 2.24) is 15.6 Å². The second kappa shape index (κ2) is 13.3. The topological polar surface area (TPSA) is 98.8 Å². The Bertz CT molecular complexity index is 713. The summed E-state index contributed by atoms with van der Waals surface area (Å²) in [5.41, 5.74) is 0.592. The summed E-state index contributed by atoms with van der Waals surface area (Å²) >= 11 is 0. The molecule has 1 aliphatic heterocycles. The SMILES string of the molecule is CC1OC(CC2(CNC(=O)OCCSSCCNC(=O)c3cccnc3)CCCCC2)O1. The zero-order valence-electron chi connectivity index (χ0n) is 18.5. The van der Waals surface area contributed by atoms with E-state index in [-0.39, 0.29) is 30.0 Å². The highest BCUT2D eigenvalue weighted by atomic mass is 33.1. The molecule has 2 fully saturated rings. The van der Waals surface area contributed by atoms with Crippen LogP contribution in [0, 0.1) is 5.41 Å². The van der Waals surface area contributed by atoms with Gasteiger partial charge in [-0.3, -0.25) is 9.78 Å². The number of aromatic nitrogens is 1. The van der Waals surface area contributed by atoms with Crippen LogP contribution in [0.4, 0.5) is 4.79 Å². The largest absolute Gasteiger partial charge is 0.449 e. The van der Waals surface area contributed by atoms with Gasteiger partial charge in [-0.15, -0.1) is 0 Å². The lowest BCUT2D eigenvalue weighted by Gasteiger charge is -2.43. The molecule has 0 unspecified atom stereocenters.